The van der Waals surface area contributed by atoms with Crippen LogP contribution < -0.4 is 4.90 Å². The number of hydrogen-bond donors (Lipinski definition) is 2. The molecule has 2 aromatic carbocycles. The lowest BCUT2D eigenvalue weighted by molar-refractivity contribution is 0.481. The Kier molecular flexibility index (Phi) is 5.43. The maximum atomic E-state index is 11.6. The fraction of sp³-hybridized carbons (Fsp3) is 0.375. The van der Waals surface area contributed by atoms with E-state index < -0.39 is 20.2 Å². The second-order valence-electron chi connectivity index (χ2n) is 5.60. The average molecular weight is 387 g/mol. The SMILES string of the molecule is CCc1cc(S(=O)(=O)O)cc2cc(S(=O)(=O)O)cc(N(CC)CC)c12. The highest BCUT2D eigenvalue weighted by Gasteiger charge is 2.20. The zero-order valence-electron chi connectivity index (χ0n) is 14.2. The largest absolute Gasteiger partial charge is 0.372 e. The van der Waals surface area contributed by atoms with E-state index in [0.717, 1.165) is 0 Å². The molecule has 0 aliphatic heterocycles. The Morgan fingerprint density at radius 2 is 1.32 bits per heavy atom. The van der Waals surface area contributed by atoms with Crippen molar-refractivity contribution in [2.24, 2.45) is 0 Å². The third-order valence-electron chi connectivity index (χ3n) is 4.14. The molecule has 25 heavy (non-hydrogen) atoms. The standard InChI is InChI=1S/C16H21NO6S2/c1-4-11-7-13(24(18,19)20)8-12-9-14(25(21,22)23)10-15(16(11)12)17(5-2)6-3/h7-10H,4-6H2,1-3H3,(H,18,19,20)(H,21,22,23). The monoisotopic (exact) mass is 387 g/mol. The van der Waals surface area contributed by atoms with Crippen molar-refractivity contribution >= 4 is 36.7 Å². The van der Waals surface area contributed by atoms with Crippen molar-refractivity contribution in [1.82, 2.24) is 0 Å². The summed E-state index contributed by atoms with van der Waals surface area (Å²) in [5.74, 6) is 0. The van der Waals surface area contributed by atoms with Crippen LogP contribution in [0.5, 0.6) is 0 Å². The molecule has 2 rings (SSSR count). The van der Waals surface area contributed by atoms with E-state index in [0.29, 0.717) is 41.5 Å². The first kappa shape index (κ1) is 19.6. The quantitative estimate of drug-likeness (QED) is 0.733. The first-order chi connectivity index (χ1) is 11.5. The predicted molar refractivity (Wildman–Crippen MR) is 96.5 cm³/mol. The number of rotatable bonds is 6. The maximum absolute atomic E-state index is 11.6. The molecule has 0 aliphatic rings. The molecule has 7 nitrogen and oxygen atoms in total. The lowest BCUT2D eigenvalue weighted by Gasteiger charge is -2.25. The van der Waals surface area contributed by atoms with Gasteiger partial charge in [0.05, 0.1) is 9.79 Å². The minimum absolute atomic E-state index is 0.310. The van der Waals surface area contributed by atoms with Gasteiger partial charge in [0.1, 0.15) is 0 Å². The Bertz CT molecular complexity index is 1000. The molecule has 0 aliphatic carbocycles. The number of nitrogens with zero attached hydrogens (tertiary/aromatic N) is 1. The van der Waals surface area contributed by atoms with Gasteiger partial charge in [0.2, 0.25) is 0 Å². The van der Waals surface area contributed by atoms with Gasteiger partial charge in [-0.15, -0.1) is 0 Å². The molecule has 0 radical (unpaired) electrons. The second kappa shape index (κ2) is 6.91. The van der Waals surface area contributed by atoms with Gasteiger partial charge in [-0.3, -0.25) is 9.11 Å². The number of benzene rings is 2. The van der Waals surface area contributed by atoms with Gasteiger partial charge >= 0.3 is 0 Å². The highest BCUT2D eigenvalue weighted by atomic mass is 32.2. The molecule has 138 valence electrons. The second-order valence-corrected chi connectivity index (χ2v) is 8.44. The minimum atomic E-state index is -4.47. The minimum Gasteiger partial charge on any atom is -0.372 e. The normalized spacial score (nSPS) is 12.5. The molecule has 0 heterocycles. The van der Waals surface area contributed by atoms with Gasteiger partial charge in [-0.05, 0) is 55.5 Å². The van der Waals surface area contributed by atoms with Gasteiger partial charge in [0.25, 0.3) is 20.2 Å². The molecule has 2 N–H and O–H groups in total. The van der Waals surface area contributed by atoms with Crippen LogP contribution in [0.1, 0.15) is 26.3 Å². The molecule has 9 heteroatoms. The van der Waals surface area contributed by atoms with Crippen LogP contribution in [-0.2, 0) is 26.7 Å². The number of aryl methyl sites for hydroxylation is 1. The number of anilines is 1. The molecule has 0 aromatic heterocycles. The van der Waals surface area contributed by atoms with E-state index in [9.17, 15) is 25.9 Å². The summed E-state index contributed by atoms with van der Waals surface area (Å²) in [6.07, 6.45) is 0.485. The fourth-order valence-electron chi connectivity index (χ4n) is 2.91. The highest BCUT2D eigenvalue weighted by molar-refractivity contribution is 7.86. The molecular formula is C16H21NO6S2. The topological polar surface area (TPSA) is 112 Å². The van der Waals surface area contributed by atoms with Crippen LogP contribution in [0, 0.1) is 0 Å². The summed E-state index contributed by atoms with van der Waals surface area (Å²) < 4.78 is 65.1. The van der Waals surface area contributed by atoms with Crippen molar-refractivity contribution in [3.8, 4) is 0 Å². The van der Waals surface area contributed by atoms with Gasteiger partial charge in [-0.25, -0.2) is 0 Å². The number of hydrogen-bond acceptors (Lipinski definition) is 5. The molecule has 0 saturated carbocycles. The van der Waals surface area contributed by atoms with Crippen molar-refractivity contribution in [3.63, 3.8) is 0 Å². The van der Waals surface area contributed by atoms with E-state index >= 15 is 0 Å². The summed E-state index contributed by atoms with van der Waals surface area (Å²) in [5, 5.41) is 1.02. The highest BCUT2D eigenvalue weighted by Crippen LogP contribution is 2.35. The van der Waals surface area contributed by atoms with Crippen molar-refractivity contribution in [2.45, 2.75) is 37.0 Å². The van der Waals surface area contributed by atoms with E-state index in [1.807, 2.05) is 25.7 Å². The summed E-state index contributed by atoms with van der Waals surface area (Å²) in [4.78, 5) is 1.29. The third-order valence-corrected chi connectivity index (χ3v) is 5.80. The van der Waals surface area contributed by atoms with E-state index in [2.05, 4.69) is 0 Å². The van der Waals surface area contributed by atoms with E-state index in [-0.39, 0.29) is 9.79 Å². The van der Waals surface area contributed by atoms with Gasteiger partial charge in [0.15, 0.2) is 0 Å². The van der Waals surface area contributed by atoms with E-state index in [4.69, 9.17) is 0 Å². The fourth-order valence-corrected chi connectivity index (χ4v) is 4.02. The van der Waals surface area contributed by atoms with Crippen molar-refractivity contribution in [2.75, 3.05) is 18.0 Å². The van der Waals surface area contributed by atoms with Crippen LogP contribution in [0.15, 0.2) is 34.1 Å². The van der Waals surface area contributed by atoms with E-state index in [1.54, 1.807) is 0 Å². The summed E-state index contributed by atoms with van der Waals surface area (Å²) in [5.41, 5.74) is 1.25. The van der Waals surface area contributed by atoms with Gasteiger partial charge in [-0.1, -0.05) is 6.92 Å². The Balaban J connectivity index is 3.03. The Labute approximate surface area is 147 Å². The zero-order chi connectivity index (χ0) is 19.0. The lowest BCUT2D eigenvalue weighted by atomic mass is 10.00. The van der Waals surface area contributed by atoms with E-state index in [1.165, 1.54) is 24.3 Å². The van der Waals surface area contributed by atoms with Crippen LogP contribution in [-0.4, -0.2) is 39.0 Å². The molecule has 0 amide bonds. The van der Waals surface area contributed by atoms with Gasteiger partial charge in [-0.2, -0.15) is 16.8 Å². The van der Waals surface area contributed by atoms with Crippen LogP contribution in [0.25, 0.3) is 10.8 Å². The Hall–Kier alpha value is -1.68. The number of fused-ring (bicyclic) bond motifs is 1. The summed E-state index contributed by atoms with van der Waals surface area (Å²) in [6, 6.07) is 5.20. The van der Waals surface area contributed by atoms with Crippen molar-refractivity contribution in [3.05, 3.63) is 29.8 Å². The molecule has 0 saturated heterocycles. The van der Waals surface area contributed by atoms with Crippen LogP contribution in [0.4, 0.5) is 5.69 Å². The Morgan fingerprint density at radius 1 is 0.840 bits per heavy atom. The Morgan fingerprint density at radius 3 is 1.72 bits per heavy atom. The lowest BCUT2D eigenvalue weighted by Crippen LogP contribution is -2.22. The first-order valence-electron chi connectivity index (χ1n) is 7.83. The van der Waals surface area contributed by atoms with Crippen molar-refractivity contribution < 1.29 is 25.9 Å². The molecule has 0 atom stereocenters. The first-order valence-corrected chi connectivity index (χ1v) is 10.7. The van der Waals surface area contributed by atoms with Crippen molar-refractivity contribution in [1.29, 1.82) is 0 Å². The smallest absolute Gasteiger partial charge is 0.294 e. The molecule has 2 aromatic rings. The summed E-state index contributed by atoms with van der Waals surface area (Å²) >= 11 is 0. The summed E-state index contributed by atoms with van der Waals surface area (Å²) in [7, 11) is -8.92. The van der Waals surface area contributed by atoms with Gasteiger partial charge < -0.3 is 4.90 Å². The maximum Gasteiger partial charge on any atom is 0.294 e. The molecular weight excluding hydrogens is 366 g/mol. The predicted octanol–water partition coefficient (Wildman–Crippen LogP) is 2.74. The third kappa shape index (κ3) is 3.95. The summed E-state index contributed by atoms with van der Waals surface area (Å²) in [6.45, 7) is 6.86. The molecule has 0 fully saturated rings. The van der Waals surface area contributed by atoms with Crippen LogP contribution in [0.2, 0.25) is 0 Å². The zero-order valence-corrected chi connectivity index (χ0v) is 15.9. The molecule has 0 unspecified atom stereocenters. The molecule has 0 spiro atoms. The molecule has 0 bridgehead atoms. The average Bonchev–Trinajstić information content (AvgIpc) is 2.52. The van der Waals surface area contributed by atoms with Crippen LogP contribution >= 0.6 is 0 Å². The van der Waals surface area contributed by atoms with Crippen LogP contribution in [0.3, 0.4) is 0 Å². The van der Waals surface area contributed by atoms with Gasteiger partial charge in [0, 0.05) is 24.2 Å².